The standard InChI is InChI=1S/C13H14N2O5/c1-18-12(9-5-3-2-4-6-9)13-14-10(20-15-13)7-19-8-11(16)17/h2-6,12H,7-8H2,1H3,(H,16,17). The summed E-state index contributed by atoms with van der Waals surface area (Å²) in [5.41, 5.74) is 0.897. The molecule has 7 heteroatoms. The van der Waals surface area contributed by atoms with Crippen LogP contribution in [0.15, 0.2) is 34.9 Å². The molecule has 1 unspecified atom stereocenters. The number of nitrogens with zero attached hydrogens (tertiary/aromatic N) is 2. The van der Waals surface area contributed by atoms with Crippen molar-refractivity contribution in [3.05, 3.63) is 47.6 Å². The molecule has 1 aromatic carbocycles. The van der Waals surface area contributed by atoms with Gasteiger partial charge in [-0.3, -0.25) is 0 Å². The van der Waals surface area contributed by atoms with Crippen LogP contribution in [0.25, 0.3) is 0 Å². The van der Waals surface area contributed by atoms with Crippen molar-refractivity contribution in [1.82, 2.24) is 10.1 Å². The topological polar surface area (TPSA) is 94.7 Å². The van der Waals surface area contributed by atoms with Gasteiger partial charge in [-0.1, -0.05) is 35.5 Å². The van der Waals surface area contributed by atoms with Crippen LogP contribution in [0.5, 0.6) is 0 Å². The number of carboxylic acid groups (broad SMARTS) is 1. The summed E-state index contributed by atoms with van der Waals surface area (Å²) in [5, 5.41) is 12.3. The fourth-order valence-corrected chi connectivity index (χ4v) is 1.68. The quantitative estimate of drug-likeness (QED) is 0.818. The molecule has 0 fully saturated rings. The molecule has 106 valence electrons. The molecule has 1 aromatic heterocycles. The number of benzene rings is 1. The minimum atomic E-state index is -1.05. The van der Waals surface area contributed by atoms with Gasteiger partial charge in [0.25, 0.3) is 5.89 Å². The second-order valence-corrected chi connectivity index (χ2v) is 3.96. The van der Waals surface area contributed by atoms with Crippen molar-refractivity contribution < 1.29 is 23.9 Å². The third-order valence-electron chi connectivity index (χ3n) is 2.51. The molecule has 0 aliphatic heterocycles. The summed E-state index contributed by atoms with van der Waals surface area (Å²) in [6, 6.07) is 9.46. The van der Waals surface area contributed by atoms with E-state index in [1.165, 1.54) is 0 Å². The SMILES string of the molecule is COC(c1ccccc1)c1noc(COCC(=O)O)n1. The molecule has 0 saturated heterocycles. The molecule has 1 heterocycles. The number of carbonyl (C=O) groups is 1. The van der Waals surface area contributed by atoms with Gasteiger partial charge in [0.05, 0.1) is 0 Å². The van der Waals surface area contributed by atoms with E-state index in [9.17, 15) is 4.79 Å². The van der Waals surface area contributed by atoms with Crippen LogP contribution in [-0.2, 0) is 20.9 Å². The van der Waals surface area contributed by atoms with Gasteiger partial charge in [-0.05, 0) is 5.56 Å². The zero-order chi connectivity index (χ0) is 14.4. The van der Waals surface area contributed by atoms with E-state index >= 15 is 0 Å². The van der Waals surface area contributed by atoms with Crippen LogP contribution >= 0.6 is 0 Å². The van der Waals surface area contributed by atoms with Gasteiger partial charge in [0.1, 0.15) is 19.3 Å². The summed E-state index contributed by atoms with van der Waals surface area (Å²) in [6.07, 6.45) is -0.437. The molecule has 0 saturated carbocycles. The summed E-state index contributed by atoms with van der Waals surface area (Å²) in [5.74, 6) is -0.476. The second kappa shape index (κ2) is 6.78. The molecule has 1 N–H and O–H groups in total. The van der Waals surface area contributed by atoms with Gasteiger partial charge in [0.15, 0.2) is 0 Å². The first kappa shape index (κ1) is 14.2. The van der Waals surface area contributed by atoms with Gasteiger partial charge in [-0.2, -0.15) is 4.98 Å². The highest BCUT2D eigenvalue weighted by Crippen LogP contribution is 2.22. The zero-order valence-electron chi connectivity index (χ0n) is 10.9. The maximum atomic E-state index is 10.3. The van der Waals surface area contributed by atoms with Crippen molar-refractivity contribution in [2.75, 3.05) is 13.7 Å². The minimum Gasteiger partial charge on any atom is -0.480 e. The van der Waals surface area contributed by atoms with E-state index in [0.29, 0.717) is 5.82 Å². The smallest absolute Gasteiger partial charge is 0.329 e. The Balaban J connectivity index is 2.05. The van der Waals surface area contributed by atoms with E-state index in [4.69, 9.17) is 19.1 Å². The number of methoxy groups -OCH3 is 1. The normalized spacial score (nSPS) is 12.2. The Morgan fingerprint density at radius 2 is 2.15 bits per heavy atom. The average Bonchev–Trinajstić information content (AvgIpc) is 2.89. The Labute approximate surface area is 115 Å². The predicted molar refractivity (Wildman–Crippen MR) is 66.9 cm³/mol. The number of hydrogen-bond donors (Lipinski definition) is 1. The number of hydrogen-bond acceptors (Lipinski definition) is 6. The molecule has 0 aliphatic carbocycles. The molecular weight excluding hydrogens is 264 g/mol. The predicted octanol–water partition coefficient (Wildman–Crippen LogP) is 1.41. The third kappa shape index (κ3) is 3.62. The molecule has 0 radical (unpaired) electrons. The van der Waals surface area contributed by atoms with Crippen LogP contribution in [0, 0.1) is 0 Å². The number of carboxylic acids is 1. The van der Waals surface area contributed by atoms with Gasteiger partial charge in [0, 0.05) is 7.11 Å². The third-order valence-corrected chi connectivity index (χ3v) is 2.51. The van der Waals surface area contributed by atoms with Crippen molar-refractivity contribution in [1.29, 1.82) is 0 Å². The van der Waals surface area contributed by atoms with E-state index < -0.39 is 18.7 Å². The first-order chi connectivity index (χ1) is 9.70. The number of rotatable bonds is 7. The van der Waals surface area contributed by atoms with Gasteiger partial charge >= 0.3 is 5.97 Å². The summed E-state index contributed by atoms with van der Waals surface area (Å²) < 4.78 is 15.2. The largest absolute Gasteiger partial charge is 0.480 e. The Morgan fingerprint density at radius 3 is 2.80 bits per heavy atom. The van der Waals surface area contributed by atoms with Crippen molar-refractivity contribution in [3.63, 3.8) is 0 Å². The van der Waals surface area contributed by atoms with Gasteiger partial charge in [-0.15, -0.1) is 0 Å². The molecule has 2 rings (SSSR count). The van der Waals surface area contributed by atoms with Gasteiger partial charge in [-0.25, -0.2) is 4.79 Å². The Hall–Kier alpha value is -2.25. The summed E-state index contributed by atoms with van der Waals surface area (Å²) >= 11 is 0. The van der Waals surface area contributed by atoms with Gasteiger partial charge in [0.2, 0.25) is 5.82 Å². The van der Waals surface area contributed by atoms with Gasteiger partial charge < -0.3 is 19.1 Å². The van der Waals surface area contributed by atoms with Crippen LogP contribution < -0.4 is 0 Å². The molecule has 0 amide bonds. The number of ether oxygens (including phenoxy) is 2. The molecule has 2 aromatic rings. The lowest BCUT2D eigenvalue weighted by Gasteiger charge is -2.10. The zero-order valence-corrected chi connectivity index (χ0v) is 10.9. The van der Waals surface area contributed by atoms with Crippen LogP contribution in [0.1, 0.15) is 23.4 Å². The first-order valence-electron chi connectivity index (χ1n) is 5.90. The lowest BCUT2D eigenvalue weighted by Crippen LogP contribution is -2.07. The molecule has 0 bridgehead atoms. The average molecular weight is 278 g/mol. The van der Waals surface area contributed by atoms with E-state index in [-0.39, 0.29) is 12.5 Å². The fourth-order valence-electron chi connectivity index (χ4n) is 1.68. The maximum Gasteiger partial charge on any atom is 0.329 e. The fraction of sp³-hybridized carbons (Fsp3) is 0.308. The second-order valence-electron chi connectivity index (χ2n) is 3.96. The maximum absolute atomic E-state index is 10.3. The minimum absolute atomic E-state index is 0.0511. The first-order valence-corrected chi connectivity index (χ1v) is 5.90. The monoisotopic (exact) mass is 278 g/mol. The lowest BCUT2D eigenvalue weighted by atomic mass is 10.1. The molecule has 1 atom stereocenters. The van der Waals surface area contributed by atoms with Crippen molar-refractivity contribution in [2.24, 2.45) is 0 Å². The Kier molecular flexibility index (Phi) is 4.80. The highest BCUT2D eigenvalue weighted by molar-refractivity contribution is 5.67. The molecule has 20 heavy (non-hydrogen) atoms. The Morgan fingerprint density at radius 1 is 1.40 bits per heavy atom. The Bertz CT molecular complexity index is 555. The highest BCUT2D eigenvalue weighted by atomic mass is 16.5. The summed E-state index contributed by atoms with van der Waals surface area (Å²) in [7, 11) is 1.55. The van der Waals surface area contributed by atoms with Crippen molar-refractivity contribution in [2.45, 2.75) is 12.7 Å². The molecule has 0 spiro atoms. The summed E-state index contributed by atoms with van der Waals surface area (Å²) in [4.78, 5) is 14.5. The van der Waals surface area contributed by atoms with Crippen LogP contribution in [0.2, 0.25) is 0 Å². The van der Waals surface area contributed by atoms with Crippen LogP contribution in [0.4, 0.5) is 0 Å². The number of aromatic nitrogens is 2. The highest BCUT2D eigenvalue weighted by Gasteiger charge is 2.19. The number of aliphatic carboxylic acids is 1. The van der Waals surface area contributed by atoms with Crippen LogP contribution in [0.3, 0.4) is 0 Å². The molecule has 7 nitrogen and oxygen atoms in total. The van der Waals surface area contributed by atoms with Crippen LogP contribution in [-0.4, -0.2) is 34.9 Å². The van der Waals surface area contributed by atoms with E-state index in [1.807, 2.05) is 30.3 Å². The van der Waals surface area contributed by atoms with Crippen molar-refractivity contribution >= 4 is 5.97 Å². The van der Waals surface area contributed by atoms with E-state index in [1.54, 1.807) is 7.11 Å². The van der Waals surface area contributed by atoms with Crippen molar-refractivity contribution in [3.8, 4) is 0 Å². The van der Waals surface area contributed by atoms with E-state index in [0.717, 1.165) is 5.56 Å². The lowest BCUT2D eigenvalue weighted by molar-refractivity contribution is -0.142. The van der Waals surface area contributed by atoms with E-state index in [2.05, 4.69) is 10.1 Å². The molecular formula is C13H14N2O5. The molecule has 0 aliphatic rings. The summed E-state index contributed by atoms with van der Waals surface area (Å²) in [6.45, 7) is -0.464.